The van der Waals surface area contributed by atoms with Gasteiger partial charge in [-0.2, -0.15) is 4.98 Å². The Labute approximate surface area is 105 Å². The number of nitrogens with zero attached hydrogens (tertiary/aromatic N) is 2. The fourth-order valence-electron chi connectivity index (χ4n) is 1.69. The number of rotatable bonds is 3. The van der Waals surface area contributed by atoms with Crippen LogP contribution in [0.1, 0.15) is 17.5 Å². The summed E-state index contributed by atoms with van der Waals surface area (Å²) in [5.41, 5.74) is 7.87. The van der Waals surface area contributed by atoms with Crippen LogP contribution >= 0.6 is 0 Å². The molecule has 0 aliphatic heterocycles. The van der Waals surface area contributed by atoms with E-state index in [1.54, 1.807) is 0 Å². The van der Waals surface area contributed by atoms with E-state index in [9.17, 15) is 4.79 Å². The maximum atomic E-state index is 11.4. The second-order valence-corrected chi connectivity index (χ2v) is 4.23. The Balaban J connectivity index is 2.45. The van der Waals surface area contributed by atoms with Crippen LogP contribution in [-0.4, -0.2) is 24.9 Å². The highest BCUT2D eigenvalue weighted by Crippen LogP contribution is 2.27. The molecule has 2 N–H and O–H groups in total. The molecular weight excluding hydrogens is 230 g/mol. The second-order valence-electron chi connectivity index (χ2n) is 4.23. The first-order valence-corrected chi connectivity index (χ1v) is 5.54. The Morgan fingerprint density at radius 3 is 2.39 bits per heavy atom. The number of hydrogen-bond donors (Lipinski definition) is 1. The number of carbonyl (C=O) groups is 1. The van der Waals surface area contributed by atoms with Crippen molar-refractivity contribution in [2.45, 2.75) is 6.92 Å². The molecule has 1 heterocycles. The minimum Gasteiger partial charge on any atom is -0.420 e. The van der Waals surface area contributed by atoms with Crippen molar-refractivity contribution in [3.05, 3.63) is 30.0 Å². The molecule has 0 aliphatic carbocycles. The first-order chi connectivity index (χ1) is 8.49. The predicted octanol–water partition coefficient (Wildman–Crippen LogP) is 2.19. The number of Topliss-reactive ketones (excluding diaryl/α,β-unsaturated/α-hetero) is 1. The van der Waals surface area contributed by atoms with Crippen LogP contribution in [0.4, 0.5) is 11.7 Å². The molecule has 0 amide bonds. The smallest absolute Gasteiger partial charge is 0.293 e. The van der Waals surface area contributed by atoms with Crippen molar-refractivity contribution in [1.82, 2.24) is 4.98 Å². The number of benzene rings is 1. The third-order valence-electron chi connectivity index (χ3n) is 2.62. The summed E-state index contributed by atoms with van der Waals surface area (Å²) in [6.45, 7) is 1.43. The lowest BCUT2D eigenvalue weighted by Crippen LogP contribution is -2.08. The van der Waals surface area contributed by atoms with E-state index in [-0.39, 0.29) is 17.6 Å². The summed E-state index contributed by atoms with van der Waals surface area (Å²) < 4.78 is 5.11. The fourth-order valence-corrected chi connectivity index (χ4v) is 1.69. The van der Waals surface area contributed by atoms with Gasteiger partial charge in [-0.3, -0.25) is 4.79 Å². The zero-order chi connectivity index (χ0) is 13.3. The van der Waals surface area contributed by atoms with Gasteiger partial charge in [0.25, 0.3) is 6.01 Å². The highest BCUT2D eigenvalue weighted by molar-refractivity contribution is 5.97. The van der Waals surface area contributed by atoms with E-state index in [0.29, 0.717) is 5.69 Å². The van der Waals surface area contributed by atoms with E-state index in [0.717, 1.165) is 11.3 Å². The summed E-state index contributed by atoms with van der Waals surface area (Å²) in [6, 6.07) is 7.68. The summed E-state index contributed by atoms with van der Waals surface area (Å²) in [5.74, 6) is 0.0102. The van der Waals surface area contributed by atoms with E-state index >= 15 is 0 Å². The molecule has 94 valence electrons. The van der Waals surface area contributed by atoms with Crippen LogP contribution in [0, 0.1) is 0 Å². The van der Waals surface area contributed by atoms with Crippen LogP contribution < -0.4 is 10.6 Å². The van der Waals surface area contributed by atoms with E-state index in [2.05, 4.69) is 4.98 Å². The molecule has 5 heteroatoms. The lowest BCUT2D eigenvalue weighted by atomic mass is 10.1. The quantitative estimate of drug-likeness (QED) is 0.839. The highest BCUT2D eigenvalue weighted by atomic mass is 16.4. The first-order valence-electron chi connectivity index (χ1n) is 5.54. The van der Waals surface area contributed by atoms with Crippen molar-refractivity contribution >= 4 is 17.5 Å². The van der Waals surface area contributed by atoms with Gasteiger partial charge in [0, 0.05) is 32.3 Å². The maximum Gasteiger partial charge on any atom is 0.293 e. The van der Waals surface area contributed by atoms with Gasteiger partial charge in [-0.05, 0) is 12.1 Å². The molecule has 0 radical (unpaired) electrons. The minimum atomic E-state index is -0.189. The average Bonchev–Trinajstić information content (AvgIpc) is 2.71. The van der Waals surface area contributed by atoms with Gasteiger partial charge in [-0.15, -0.1) is 0 Å². The number of ketones is 1. The molecule has 0 aliphatic rings. The zero-order valence-electron chi connectivity index (χ0n) is 10.6. The normalized spacial score (nSPS) is 10.4. The van der Waals surface area contributed by atoms with Gasteiger partial charge >= 0.3 is 0 Å². The second kappa shape index (κ2) is 4.52. The highest BCUT2D eigenvalue weighted by Gasteiger charge is 2.17. The number of anilines is 2. The van der Waals surface area contributed by atoms with Crippen LogP contribution in [0.25, 0.3) is 11.3 Å². The van der Waals surface area contributed by atoms with Crippen molar-refractivity contribution in [2.24, 2.45) is 0 Å². The van der Waals surface area contributed by atoms with Crippen LogP contribution in [0.15, 0.2) is 28.7 Å². The van der Waals surface area contributed by atoms with Gasteiger partial charge in [0.2, 0.25) is 0 Å². The Bertz CT molecular complexity index is 570. The molecule has 1 aromatic heterocycles. The monoisotopic (exact) mass is 245 g/mol. The van der Waals surface area contributed by atoms with Crippen molar-refractivity contribution in [2.75, 3.05) is 24.7 Å². The Hall–Kier alpha value is -2.30. The molecule has 18 heavy (non-hydrogen) atoms. The van der Waals surface area contributed by atoms with Crippen LogP contribution in [0.3, 0.4) is 0 Å². The average molecular weight is 245 g/mol. The summed E-state index contributed by atoms with van der Waals surface area (Å²) in [4.78, 5) is 17.5. The van der Waals surface area contributed by atoms with Crippen LogP contribution in [-0.2, 0) is 0 Å². The summed E-state index contributed by atoms with van der Waals surface area (Å²) >= 11 is 0. The molecule has 2 rings (SSSR count). The number of nitrogen functional groups attached to an aromatic ring is 1. The third kappa shape index (κ3) is 2.20. The molecule has 2 aromatic rings. The van der Waals surface area contributed by atoms with Gasteiger partial charge in [-0.25, -0.2) is 0 Å². The zero-order valence-corrected chi connectivity index (χ0v) is 10.6. The number of nitrogens with two attached hydrogens (primary N) is 1. The Morgan fingerprint density at radius 1 is 1.28 bits per heavy atom. The number of hydrogen-bond acceptors (Lipinski definition) is 5. The van der Waals surface area contributed by atoms with Crippen LogP contribution in [0.2, 0.25) is 0 Å². The number of carbonyl (C=O) groups excluding carboxylic acids is 1. The number of aromatic nitrogens is 1. The van der Waals surface area contributed by atoms with Crippen molar-refractivity contribution in [3.8, 4) is 11.3 Å². The topological polar surface area (TPSA) is 72.4 Å². The van der Waals surface area contributed by atoms with E-state index < -0.39 is 0 Å². The standard InChI is InChI=1S/C13H15N3O2/c1-8(17)12-11(15-13(14)18-12)9-4-6-10(7-5-9)16(2)3/h4-7H,1-3H3,(H2,14,15). The lowest BCUT2D eigenvalue weighted by molar-refractivity contribution is 0.0989. The molecule has 0 saturated carbocycles. The van der Waals surface area contributed by atoms with E-state index in [4.69, 9.17) is 10.2 Å². The largest absolute Gasteiger partial charge is 0.420 e. The third-order valence-corrected chi connectivity index (χ3v) is 2.62. The molecule has 1 aromatic carbocycles. The molecule has 0 spiro atoms. The van der Waals surface area contributed by atoms with Crippen molar-refractivity contribution < 1.29 is 9.21 Å². The summed E-state index contributed by atoms with van der Waals surface area (Å²) in [6.07, 6.45) is 0. The molecule has 5 nitrogen and oxygen atoms in total. The number of oxazole rings is 1. The SMILES string of the molecule is CC(=O)c1oc(N)nc1-c1ccc(N(C)C)cc1. The molecule has 0 saturated heterocycles. The molecule has 0 bridgehead atoms. The minimum absolute atomic E-state index is 0.00638. The van der Waals surface area contributed by atoms with E-state index in [1.807, 2.05) is 43.3 Å². The molecular formula is C13H15N3O2. The van der Waals surface area contributed by atoms with Gasteiger partial charge in [0.05, 0.1) is 0 Å². The lowest BCUT2D eigenvalue weighted by Gasteiger charge is -2.12. The maximum absolute atomic E-state index is 11.4. The van der Waals surface area contributed by atoms with Crippen molar-refractivity contribution in [1.29, 1.82) is 0 Å². The van der Waals surface area contributed by atoms with Gasteiger partial charge in [-0.1, -0.05) is 12.1 Å². The summed E-state index contributed by atoms with van der Waals surface area (Å²) in [7, 11) is 3.92. The molecule has 0 unspecified atom stereocenters. The van der Waals surface area contributed by atoms with Gasteiger partial charge < -0.3 is 15.1 Å². The van der Waals surface area contributed by atoms with Gasteiger partial charge in [0.1, 0.15) is 5.69 Å². The van der Waals surface area contributed by atoms with E-state index in [1.165, 1.54) is 6.92 Å². The fraction of sp³-hybridized carbons (Fsp3) is 0.231. The summed E-state index contributed by atoms with van der Waals surface area (Å²) in [5, 5.41) is 0. The Kier molecular flexibility index (Phi) is 3.06. The Morgan fingerprint density at radius 2 is 1.89 bits per heavy atom. The first kappa shape index (κ1) is 12.2. The predicted molar refractivity (Wildman–Crippen MR) is 70.7 cm³/mol. The van der Waals surface area contributed by atoms with Crippen LogP contribution in [0.5, 0.6) is 0 Å². The van der Waals surface area contributed by atoms with Crippen molar-refractivity contribution in [3.63, 3.8) is 0 Å². The van der Waals surface area contributed by atoms with Gasteiger partial charge in [0.15, 0.2) is 11.5 Å². The molecule has 0 fully saturated rings. The molecule has 0 atom stereocenters.